The summed E-state index contributed by atoms with van der Waals surface area (Å²) in [5.74, 6) is 0.981. The summed E-state index contributed by atoms with van der Waals surface area (Å²) in [6.45, 7) is 6.15. The van der Waals surface area contributed by atoms with E-state index in [1.807, 2.05) is 37.3 Å². The standard InChI is InChI=1S/C10H10O.C9H8O/c1-7-4-3-5-10-9(7)6-8(2)11-10;1-7-3-2-4-9-8(7)5-6-10-9/h3-6H,1-2H3;2-6H,1H3. The molecule has 106 valence electrons. The molecule has 0 amide bonds. The van der Waals surface area contributed by atoms with Crippen molar-refractivity contribution in [1.82, 2.24) is 0 Å². The molecule has 2 heterocycles. The average molecular weight is 278 g/mol. The van der Waals surface area contributed by atoms with E-state index in [-0.39, 0.29) is 0 Å². The van der Waals surface area contributed by atoms with Crippen LogP contribution >= 0.6 is 0 Å². The maximum absolute atomic E-state index is 5.45. The van der Waals surface area contributed by atoms with E-state index in [0.717, 1.165) is 16.9 Å². The van der Waals surface area contributed by atoms with Crippen molar-refractivity contribution in [3.8, 4) is 0 Å². The first-order valence-electron chi connectivity index (χ1n) is 7.04. The lowest BCUT2D eigenvalue weighted by molar-refractivity contribution is 0.578. The van der Waals surface area contributed by atoms with Gasteiger partial charge in [0.05, 0.1) is 6.26 Å². The maximum Gasteiger partial charge on any atom is 0.134 e. The third kappa shape index (κ3) is 2.70. The number of hydrogen-bond acceptors (Lipinski definition) is 2. The molecule has 0 aliphatic carbocycles. The molecule has 0 saturated carbocycles. The van der Waals surface area contributed by atoms with Crippen molar-refractivity contribution >= 4 is 21.9 Å². The highest BCUT2D eigenvalue weighted by molar-refractivity contribution is 5.81. The van der Waals surface area contributed by atoms with Gasteiger partial charge in [-0.15, -0.1) is 0 Å². The SMILES string of the molecule is Cc1cc2c(C)cccc2o1.Cc1cccc2occc12. The molecule has 2 heteroatoms. The highest BCUT2D eigenvalue weighted by atomic mass is 16.3. The Labute approximate surface area is 124 Å². The smallest absolute Gasteiger partial charge is 0.134 e. The van der Waals surface area contributed by atoms with Gasteiger partial charge >= 0.3 is 0 Å². The monoisotopic (exact) mass is 278 g/mol. The summed E-state index contributed by atoms with van der Waals surface area (Å²) in [6.07, 6.45) is 1.72. The van der Waals surface area contributed by atoms with Crippen molar-refractivity contribution in [1.29, 1.82) is 0 Å². The fraction of sp³-hybridized carbons (Fsp3) is 0.158. The zero-order valence-corrected chi connectivity index (χ0v) is 12.5. The molecule has 0 atom stereocenters. The highest BCUT2D eigenvalue weighted by Crippen LogP contribution is 2.21. The normalized spacial score (nSPS) is 10.6. The van der Waals surface area contributed by atoms with Gasteiger partial charge < -0.3 is 8.83 Å². The lowest BCUT2D eigenvalue weighted by Gasteiger charge is -1.90. The van der Waals surface area contributed by atoms with Crippen molar-refractivity contribution in [2.75, 3.05) is 0 Å². The molecule has 21 heavy (non-hydrogen) atoms. The largest absolute Gasteiger partial charge is 0.464 e. The zero-order valence-electron chi connectivity index (χ0n) is 12.5. The molecule has 0 aliphatic rings. The van der Waals surface area contributed by atoms with Gasteiger partial charge in [0.15, 0.2) is 0 Å². The van der Waals surface area contributed by atoms with Crippen LogP contribution in [0.3, 0.4) is 0 Å². The summed E-state index contributed by atoms with van der Waals surface area (Å²) in [4.78, 5) is 0. The van der Waals surface area contributed by atoms with Crippen LogP contribution in [-0.4, -0.2) is 0 Å². The van der Waals surface area contributed by atoms with E-state index in [9.17, 15) is 0 Å². The lowest BCUT2D eigenvalue weighted by atomic mass is 10.1. The number of fused-ring (bicyclic) bond motifs is 2. The Bertz CT molecular complexity index is 881. The van der Waals surface area contributed by atoms with Crippen LogP contribution in [0.2, 0.25) is 0 Å². The first-order chi connectivity index (χ1) is 10.1. The van der Waals surface area contributed by atoms with E-state index in [1.165, 1.54) is 21.9 Å². The molecular weight excluding hydrogens is 260 g/mol. The summed E-state index contributed by atoms with van der Waals surface area (Å²) in [6, 6.07) is 16.2. The summed E-state index contributed by atoms with van der Waals surface area (Å²) in [5, 5.41) is 2.44. The third-order valence-electron chi connectivity index (χ3n) is 3.62. The van der Waals surface area contributed by atoms with Crippen LogP contribution < -0.4 is 0 Å². The fourth-order valence-electron chi connectivity index (χ4n) is 2.48. The Hall–Kier alpha value is -2.48. The van der Waals surface area contributed by atoms with Crippen LogP contribution in [0.25, 0.3) is 21.9 Å². The molecular formula is C19H18O2. The highest BCUT2D eigenvalue weighted by Gasteiger charge is 2.00. The number of aryl methyl sites for hydroxylation is 3. The summed E-state index contributed by atoms with van der Waals surface area (Å²) >= 11 is 0. The minimum absolute atomic E-state index is 0.972. The average Bonchev–Trinajstić information content (AvgIpc) is 3.06. The summed E-state index contributed by atoms with van der Waals surface area (Å²) in [5.41, 5.74) is 4.51. The number of furan rings is 2. The molecule has 0 aliphatic heterocycles. The van der Waals surface area contributed by atoms with E-state index in [1.54, 1.807) is 6.26 Å². The Morgan fingerprint density at radius 2 is 1.38 bits per heavy atom. The number of benzene rings is 2. The molecule has 0 N–H and O–H groups in total. The van der Waals surface area contributed by atoms with Gasteiger partial charge in [-0.25, -0.2) is 0 Å². The molecule has 2 aromatic carbocycles. The van der Waals surface area contributed by atoms with Gasteiger partial charge in [0.1, 0.15) is 16.9 Å². The molecule has 0 spiro atoms. The Kier molecular flexibility index (Phi) is 3.53. The quantitative estimate of drug-likeness (QED) is 0.407. The van der Waals surface area contributed by atoms with Crippen molar-refractivity contribution in [2.24, 2.45) is 0 Å². The topological polar surface area (TPSA) is 26.3 Å². The van der Waals surface area contributed by atoms with Gasteiger partial charge in [-0.2, -0.15) is 0 Å². The molecule has 0 fully saturated rings. The first kappa shape index (κ1) is 13.5. The second-order valence-corrected chi connectivity index (χ2v) is 5.25. The van der Waals surface area contributed by atoms with Crippen LogP contribution in [0.4, 0.5) is 0 Å². The van der Waals surface area contributed by atoms with Gasteiger partial charge in [0, 0.05) is 10.8 Å². The second kappa shape index (κ2) is 5.49. The Balaban J connectivity index is 0.000000126. The van der Waals surface area contributed by atoms with Crippen LogP contribution in [-0.2, 0) is 0 Å². The second-order valence-electron chi connectivity index (χ2n) is 5.25. The molecule has 4 rings (SSSR count). The van der Waals surface area contributed by atoms with Crippen LogP contribution in [0.1, 0.15) is 16.9 Å². The van der Waals surface area contributed by atoms with E-state index in [4.69, 9.17) is 8.83 Å². The lowest BCUT2D eigenvalue weighted by Crippen LogP contribution is -1.69. The van der Waals surface area contributed by atoms with E-state index in [2.05, 4.69) is 32.0 Å². The number of hydrogen-bond donors (Lipinski definition) is 0. The maximum atomic E-state index is 5.45. The van der Waals surface area contributed by atoms with Crippen LogP contribution in [0.15, 0.2) is 63.6 Å². The molecule has 0 radical (unpaired) electrons. The molecule has 2 nitrogen and oxygen atoms in total. The summed E-state index contributed by atoms with van der Waals surface area (Å²) < 4.78 is 10.6. The van der Waals surface area contributed by atoms with Gasteiger partial charge in [-0.05, 0) is 56.2 Å². The van der Waals surface area contributed by atoms with Gasteiger partial charge in [0.25, 0.3) is 0 Å². The van der Waals surface area contributed by atoms with Gasteiger partial charge in [-0.3, -0.25) is 0 Å². The predicted octanol–water partition coefficient (Wildman–Crippen LogP) is 5.79. The van der Waals surface area contributed by atoms with E-state index < -0.39 is 0 Å². The third-order valence-corrected chi connectivity index (χ3v) is 3.62. The minimum Gasteiger partial charge on any atom is -0.464 e. The summed E-state index contributed by atoms with van der Waals surface area (Å²) in [7, 11) is 0. The predicted molar refractivity (Wildman–Crippen MR) is 86.6 cm³/mol. The van der Waals surface area contributed by atoms with Crippen molar-refractivity contribution in [3.05, 3.63) is 71.7 Å². The van der Waals surface area contributed by atoms with Crippen molar-refractivity contribution in [2.45, 2.75) is 20.8 Å². The Morgan fingerprint density at radius 3 is 2.05 bits per heavy atom. The molecule has 0 bridgehead atoms. The van der Waals surface area contributed by atoms with E-state index in [0.29, 0.717) is 0 Å². The fourth-order valence-corrected chi connectivity index (χ4v) is 2.48. The molecule has 0 saturated heterocycles. The van der Waals surface area contributed by atoms with Gasteiger partial charge in [-0.1, -0.05) is 24.3 Å². The minimum atomic E-state index is 0.972. The van der Waals surface area contributed by atoms with Crippen molar-refractivity contribution in [3.63, 3.8) is 0 Å². The molecule has 0 unspecified atom stereocenters. The molecule has 2 aromatic heterocycles. The van der Waals surface area contributed by atoms with Crippen LogP contribution in [0.5, 0.6) is 0 Å². The molecule has 4 aromatic rings. The van der Waals surface area contributed by atoms with Gasteiger partial charge in [0.2, 0.25) is 0 Å². The zero-order chi connectivity index (χ0) is 14.8. The number of rotatable bonds is 0. The van der Waals surface area contributed by atoms with E-state index >= 15 is 0 Å². The Morgan fingerprint density at radius 1 is 0.714 bits per heavy atom. The van der Waals surface area contributed by atoms with Crippen LogP contribution in [0, 0.1) is 20.8 Å². The first-order valence-corrected chi connectivity index (χ1v) is 7.04. The van der Waals surface area contributed by atoms with Crippen molar-refractivity contribution < 1.29 is 8.83 Å².